The summed E-state index contributed by atoms with van der Waals surface area (Å²) in [5, 5.41) is 3.51. The number of rotatable bonds is 18. The van der Waals surface area contributed by atoms with Crippen LogP contribution in [0.5, 0.6) is 11.5 Å². The van der Waals surface area contributed by atoms with Gasteiger partial charge in [0.1, 0.15) is 18.1 Å². The molecule has 1 N–H and O–H groups in total. The van der Waals surface area contributed by atoms with Crippen LogP contribution in [-0.4, -0.2) is 69.6 Å². The van der Waals surface area contributed by atoms with Gasteiger partial charge in [-0.15, -0.1) is 0 Å². The number of hydrogen-bond donors (Lipinski definition) is 1. The quantitative estimate of drug-likeness (QED) is 0.143. The first-order valence-corrected chi connectivity index (χ1v) is 15.7. The fourth-order valence-electron chi connectivity index (χ4n) is 5.52. The number of nitrogens with one attached hydrogen (secondary N) is 1. The third kappa shape index (κ3) is 9.55. The summed E-state index contributed by atoms with van der Waals surface area (Å²) < 4.78 is 30.6. The predicted octanol–water partition coefficient (Wildman–Crippen LogP) is 5.67. The van der Waals surface area contributed by atoms with Crippen LogP contribution < -0.4 is 19.6 Å². The van der Waals surface area contributed by atoms with Gasteiger partial charge in [0.25, 0.3) is 0 Å². The number of benzene rings is 3. The van der Waals surface area contributed by atoms with E-state index >= 15 is 0 Å². The van der Waals surface area contributed by atoms with E-state index in [-0.39, 0.29) is 6.10 Å². The molecule has 1 aliphatic heterocycles. The Kier molecular flexibility index (Phi) is 12.7. The van der Waals surface area contributed by atoms with Gasteiger partial charge in [-0.1, -0.05) is 48.5 Å². The van der Waals surface area contributed by atoms with Crippen molar-refractivity contribution in [2.45, 2.75) is 44.5 Å². The molecule has 1 saturated heterocycles. The smallest absolute Gasteiger partial charge is 0.175 e. The Morgan fingerprint density at radius 2 is 1.76 bits per heavy atom. The molecule has 0 spiro atoms. The van der Waals surface area contributed by atoms with Crippen LogP contribution in [0, 0.1) is 0 Å². The minimum Gasteiger partial charge on any atom is -0.496 e. The van der Waals surface area contributed by atoms with Gasteiger partial charge in [-0.05, 0) is 48.4 Å². The molecule has 2 unspecified atom stereocenters. The highest BCUT2D eigenvalue weighted by Crippen LogP contribution is 2.30. The van der Waals surface area contributed by atoms with E-state index in [4.69, 9.17) is 28.5 Å². The molecule has 4 aromatic rings. The monoisotopic (exact) mass is 615 g/mol. The second-order valence-electron chi connectivity index (χ2n) is 11.0. The molecule has 3 aromatic carbocycles. The van der Waals surface area contributed by atoms with Crippen molar-refractivity contribution in [1.29, 1.82) is 0 Å². The average Bonchev–Trinajstić information content (AvgIpc) is 3.57. The second-order valence-corrected chi connectivity index (χ2v) is 11.0. The highest BCUT2D eigenvalue weighted by molar-refractivity contribution is 5.56. The Labute approximate surface area is 266 Å². The average molecular weight is 616 g/mol. The van der Waals surface area contributed by atoms with Crippen molar-refractivity contribution in [3.05, 3.63) is 102 Å². The van der Waals surface area contributed by atoms with E-state index in [2.05, 4.69) is 46.7 Å². The van der Waals surface area contributed by atoms with E-state index in [1.165, 1.54) is 5.56 Å². The molecule has 5 rings (SSSR count). The second kappa shape index (κ2) is 17.6. The first kappa shape index (κ1) is 32.5. The largest absolute Gasteiger partial charge is 0.496 e. The van der Waals surface area contributed by atoms with Crippen molar-refractivity contribution >= 4 is 0 Å². The molecule has 1 aromatic heterocycles. The number of imidazole rings is 1. The van der Waals surface area contributed by atoms with Crippen molar-refractivity contribution in [3.63, 3.8) is 0 Å². The van der Waals surface area contributed by atoms with Crippen LogP contribution in [0.1, 0.15) is 41.9 Å². The number of aromatic nitrogens is 2. The maximum atomic E-state index is 6.52. The van der Waals surface area contributed by atoms with E-state index in [1.807, 2.05) is 42.6 Å². The van der Waals surface area contributed by atoms with E-state index in [0.717, 1.165) is 66.4 Å². The topological polar surface area (TPSA) is 85.2 Å². The molecule has 0 radical (unpaired) electrons. The Hall–Kier alpha value is -3.89. The number of ether oxygens (including phenoxy) is 5. The van der Waals surface area contributed by atoms with Crippen molar-refractivity contribution in [1.82, 2.24) is 15.0 Å². The first-order chi connectivity index (χ1) is 22.2. The third-order valence-corrected chi connectivity index (χ3v) is 7.87. The summed E-state index contributed by atoms with van der Waals surface area (Å²) in [6, 6.07) is 24.7. The zero-order chi connectivity index (χ0) is 31.1. The number of para-hydroxylation sites is 1. The van der Waals surface area contributed by atoms with Crippen molar-refractivity contribution in [2.24, 2.45) is 0 Å². The van der Waals surface area contributed by atoms with Gasteiger partial charge < -0.3 is 33.8 Å². The highest BCUT2D eigenvalue weighted by Gasteiger charge is 2.27. The molecule has 0 bridgehead atoms. The summed E-state index contributed by atoms with van der Waals surface area (Å²) in [6.07, 6.45) is 6.30. The molecule has 1 aliphatic rings. The molecule has 0 aliphatic carbocycles. The lowest BCUT2D eigenvalue weighted by atomic mass is 9.87. The molecule has 9 nitrogen and oxygen atoms in total. The van der Waals surface area contributed by atoms with Gasteiger partial charge in [0.2, 0.25) is 0 Å². The van der Waals surface area contributed by atoms with Gasteiger partial charge in [-0.25, -0.2) is 4.98 Å². The zero-order valence-electron chi connectivity index (χ0n) is 26.4. The van der Waals surface area contributed by atoms with Crippen LogP contribution >= 0.6 is 0 Å². The van der Waals surface area contributed by atoms with Crippen LogP contribution in [0.3, 0.4) is 0 Å². The fourth-order valence-corrected chi connectivity index (χ4v) is 5.52. The predicted molar refractivity (Wildman–Crippen MR) is 174 cm³/mol. The van der Waals surface area contributed by atoms with E-state index in [1.54, 1.807) is 25.1 Å². The standard InChI is InChI=1S/C36H45N3O6/c1-40-20-6-23-45-39-19-18-38-36(39)30-10-5-8-28(24-30)26-44-35-25-37-17-16-33(35)29-12-14-32(15-13-29)43-22-7-21-42-27-31-9-3-4-11-34(31)41-2/h3-5,8-15,18-19,24,33,35,37H,6-7,16-17,20-23,25-27H2,1-2H3. The Balaban J connectivity index is 1.08. The SMILES string of the molecule is COCCCOn1ccnc1-c1cccc(COC2CNCCC2c2ccc(OCCCOCc3ccccc3OC)cc2)c1. The van der Waals surface area contributed by atoms with Gasteiger partial charge in [0, 0.05) is 56.3 Å². The van der Waals surface area contributed by atoms with E-state index in [0.29, 0.717) is 45.6 Å². The summed E-state index contributed by atoms with van der Waals surface area (Å²) >= 11 is 0. The molecule has 1 fully saturated rings. The van der Waals surface area contributed by atoms with Crippen molar-refractivity contribution < 1.29 is 28.5 Å². The number of hydrogen-bond acceptors (Lipinski definition) is 8. The normalized spacial score (nSPS) is 16.4. The van der Waals surface area contributed by atoms with Gasteiger partial charge in [0.15, 0.2) is 5.82 Å². The van der Waals surface area contributed by atoms with Crippen LogP contribution in [-0.2, 0) is 27.4 Å². The van der Waals surface area contributed by atoms with Crippen LogP contribution in [0.4, 0.5) is 0 Å². The van der Waals surface area contributed by atoms with Gasteiger partial charge in [-0.3, -0.25) is 0 Å². The van der Waals surface area contributed by atoms with Crippen molar-refractivity contribution in [3.8, 4) is 22.9 Å². The van der Waals surface area contributed by atoms with E-state index in [9.17, 15) is 0 Å². The molecule has 0 amide bonds. The van der Waals surface area contributed by atoms with Gasteiger partial charge in [-0.2, -0.15) is 4.73 Å². The van der Waals surface area contributed by atoms with Crippen LogP contribution in [0.2, 0.25) is 0 Å². The Bertz CT molecular complexity index is 1430. The first-order valence-electron chi connectivity index (χ1n) is 15.7. The fraction of sp³-hybridized carbons (Fsp3) is 0.417. The minimum absolute atomic E-state index is 0.0701. The van der Waals surface area contributed by atoms with Crippen LogP contribution in [0.25, 0.3) is 11.4 Å². The molecule has 2 atom stereocenters. The Morgan fingerprint density at radius 1 is 0.889 bits per heavy atom. The van der Waals surface area contributed by atoms with Gasteiger partial charge >= 0.3 is 0 Å². The van der Waals surface area contributed by atoms with Crippen LogP contribution in [0.15, 0.2) is 85.2 Å². The minimum atomic E-state index is 0.0701. The lowest BCUT2D eigenvalue weighted by Crippen LogP contribution is -2.40. The molecule has 45 heavy (non-hydrogen) atoms. The number of nitrogens with zero attached hydrogens (tertiary/aromatic N) is 2. The molecule has 0 saturated carbocycles. The summed E-state index contributed by atoms with van der Waals surface area (Å²) in [7, 11) is 3.37. The summed E-state index contributed by atoms with van der Waals surface area (Å²) in [6.45, 7) is 5.28. The number of piperidine rings is 1. The summed E-state index contributed by atoms with van der Waals surface area (Å²) in [5.41, 5.74) is 4.41. The maximum Gasteiger partial charge on any atom is 0.175 e. The molecule has 9 heteroatoms. The summed E-state index contributed by atoms with van der Waals surface area (Å²) in [5.74, 6) is 2.80. The third-order valence-electron chi connectivity index (χ3n) is 7.87. The molecule has 240 valence electrons. The summed E-state index contributed by atoms with van der Waals surface area (Å²) in [4.78, 5) is 10.4. The lowest BCUT2D eigenvalue weighted by molar-refractivity contribution is 0.0106. The van der Waals surface area contributed by atoms with E-state index < -0.39 is 0 Å². The highest BCUT2D eigenvalue weighted by atomic mass is 16.7. The molecule has 2 heterocycles. The molecular formula is C36H45N3O6. The maximum absolute atomic E-state index is 6.52. The number of methoxy groups -OCH3 is 2. The zero-order valence-corrected chi connectivity index (χ0v) is 26.4. The molecular weight excluding hydrogens is 570 g/mol. The van der Waals surface area contributed by atoms with Crippen molar-refractivity contribution in [2.75, 3.05) is 53.7 Å². The lowest BCUT2D eigenvalue weighted by Gasteiger charge is -2.32. The Morgan fingerprint density at radius 3 is 2.62 bits per heavy atom. The van der Waals surface area contributed by atoms with Gasteiger partial charge in [0.05, 0.1) is 45.8 Å².